The van der Waals surface area contributed by atoms with E-state index in [-0.39, 0.29) is 5.69 Å². The molecule has 0 radical (unpaired) electrons. The molecule has 0 aliphatic carbocycles. The summed E-state index contributed by atoms with van der Waals surface area (Å²) in [6.45, 7) is 3.47. The SMILES string of the molecule is C=C[C@@H](N)c1cnc(C#N)c(F)c1. The second-order valence-corrected chi connectivity index (χ2v) is 2.47. The van der Waals surface area contributed by atoms with Gasteiger partial charge in [-0.2, -0.15) is 5.26 Å². The van der Waals surface area contributed by atoms with Crippen LogP contribution in [0.3, 0.4) is 0 Å². The first-order valence-electron chi connectivity index (χ1n) is 3.62. The predicted octanol–water partition coefficient (Wildman–Crippen LogP) is 1.28. The zero-order valence-corrected chi connectivity index (χ0v) is 6.87. The van der Waals surface area contributed by atoms with Crippen molar-refractivity contribution in [3.8, 4) is 6.07 Å². The molecule has 1 rings (SSSR count). The fraction of sp³-hybridized carbons (Fsp3) is 0.111. The molecule has 66 valence electrons. The summed E-state index contributed by atoms with van der Waals surface area (Å²) in [6.07, 6.45) is 2.84. The van der Waals surface area contributed by atoms with Crippen LogP contribution in [0.4, 0.5) is 4.39 Å². The minimum absolute atomic E-state index is 0.222. The van der Waals surface area contributed by atoms with Crippen LogP contribution in [0, 0.1) is 17.1 Å². The van der Waals surface area contributed by atoms with Gasteiger partial charge in [-0.1, -0.05) is 6.08 Å². The van der Waals surface area contributed by atoms with Gasteiger partial charge in [-0.3, -0.25) is 0 Å². The Morgan fingerprint density at radius 1 is 1.77 bits per heavy atom. The van der Waals surface area contributed by atoms with Gasteiger partial charge in [-0.15, -0.1) is 6.58 Å². The van der Waals surface area contributed by atoms with Crippen LogP contribution < -0.4 is 5.73 Å². The Hall–Kier alpha value is -1.73. The maximum Gasteiger partial charge on any atom is 0.176 e. The van der Waals surface area contributed by atoms with Crippen LogP contribution >= 0.6 is 0 Å². The van der Waals surface area contributed by atoms with Gasteiger partial charge in [0.15, 0.2) is 11.5 Å². The molecule has 3 nitrogen and oxygen atoms in total. The average Bonchev–Trinajstić information content (AvgIpc) is 2.16. The molecule has 0 amide bonds. The van der Waals surface area contributed by atoms with Gasteiger partial charge in [0.25, 0.3) is 0 Å². The lowest BCUT2D eigenvalue weighted by atomic mass is 10.1. The quantitative estimate of drug-likeness (QED) is 0.692. The van der Waals surface area contributed by atoms with Crippen molar-refractivity contribution in [2.75, 3.05) is 0 Å². The number of nitriles is 1. The van der Waals surface area contributed by atoms with E-state index < -0.39 is 11.9 Å². The molecule has 0 aromatic carbocycles. The molecule has 0 bridgehead atoms. The van der Waals surface area contributed by atoms with Crippen molar-refractivity contribution < 1.29 is 4.39 Å². The number of hydrogen-bond acceptors (Lipinski definition) is 3. The molecule has 0 aliphatic rings. The van der Waals surface area contributed by atoms with Crippen LogP contribution in [-0.2, 0) is 0 Å². The third-order valence-electron chi connectivity index (χ3n) is 1.61. The molecule has 0 aliphatic heterocycles. The number of halogens is 1. The second-order valence-electron chi connectivity index (χ2n) is 2.47. The number of nitrogens with two attached hydrogens (primary N) is 1. The highest BCUT2D eigenvalue weighted by Crippen LogP contribution is 2.12. The molecule has 0 fully saturated rings. The third-order valence-corrected chi connectivity index (χ3v) is 1.61. The molecule has 0 spiro atoms. The Bertz CT molecular complexity index is 368. The molecule has 1 aromatic rings. The minimum atomic E-state index is -0.655. The molecule has 13 heavy (non-hydrogen) atoms. The van der Waals surface area contributed by atoms with E-state index in [2.05, 4.69) is 11.6 Å². The van der Waals surface area contributed by atoms with Crippen molar-refractivity contribution in [1.29, 1.82) is 5.26 Å². The summed E-state index contributed by atoms with van der Waals surface area (Å²) in [5.41, 5.74) is 5.83. The summed E-state index contributed by atoms with van der Waals surface area (Å²) in [6, 6.07) is 2.37. The Labute approximate surface area is 75.3 Å². The van der Waals surface area contributed by atoms with Gasteiger partial charge >= 0.3 is 0 Å². The van der Waals surface area contributed by atoms with Crippen LogP contribution in [0.1, 0.15) is 17.3 Å². The van der Waals surface area contributed by atoms with Crippen molar-refractivity contribution in [3.05, 3.63) is 42.0 Å². The minimum Gasteiger partial charge on any atom is -0.321 e. The highest BCUT2D eigenvalue weighted by atomic mass is 19.1. The van der Waals surface area contributed by atoms with Crippen molar-refractivity contribution >= 4 is 0 Å². The first-order chi connectivity index (χ1) is 6.19. The molecular weight excluding hydrogens is 169 g/mol. The highest BCUT2D eigenvalue weighted by Gasteiger charge is 2.07. The van der Waals surface area contributed by atoms with E-state index in [9.17, 15) is 4.39 Å². The number of rotatable bonds is 2. The van der Waals surface area contributed by atoms with E-state index in [1.54, 1.807) is 6.07 Å². The maximum absolute atomic E-state index is 13.0. The monoisotopic (exact) mass is 177 g/mol. The van der Waals surface area contributed by atoms with E-state index in [1.165, 1.54) is 18.3 Å². The van der Waals surface area contributed by atoms with Gasteiger partial charge in [-0.05, 0) is 11.6 Å². The summed E-state index contributed by atoms with van der Waals surface area (Å²) in [7, 11) is 0. The van der Waals surface area contributed by atoms with E-state index in [4.69, 9.17) is 11.0 Å². The van der Waals surface area contributed by atoms with Gasteiger partial charge in [0.1, 0.15) is 6.07 Å². The van der Waals surface area contributed by atoms with Gasteiger partial charge in [0.2, 0.25) is 0 Å². The van der Waals surface area contributed by atoms with Crippen LogP contribution in [0.25, 0.3) is 0 Å². The normalized spacial score (nSPS) is 11.8. The molecule has 1 heterocycles. The van der Waals surface area contributed by atoms with E-state index in [1.807, 2.05) is 0 Å². The second kappa shape index (κ2) is 3.78. The van der Waals surface area contributed by atoms with Crippen molar-refractivity contribution in [2.24, 2.45) is 5.73 Å². The zero-order chi connectivity index (χ0) is 9.84. The lowest BCUT2D eigenvalue weighted by Gasteiger charge is -2.05. The Morgan fingerprint density at radius 2 is 2.46 bits per heavy atom. The summed E-state index contributed by atoms with van der Waals surface area (Å²) in [5, 5.41) is 8.40. The van der Waals surface area contributed by atoms with Gasteiger partial charge in [-0.25, -0.2) is 9.37 Å². The summed E-state index contributed by atoms with van der Waals surface area (Å²) < 4.78 is 13.0. The van der Waals surface area contributed by atoms with Crippen LogP contribution in [-0.4, -0.2) is 4.98 Å². The Balaban J connectivity index is 3.11. The summed E-state index contributed by atoms with van der Waals surface area (Å²) in [5.74, 6) is -0.655. The smallest absolute Gasteiger partial charge is 0.176 e. The largest absolute Gasteiger partial charge is 0.321 e. The number of nitrogens with zero attached hydrogens (tertiary/aromatic N) is 2. The van der Waals surface area contributed by atoms with Crippen LogP contribution in [0.2, 0.25) is 0 Å². The third kappa shape index (κ3) is 1.89. The first-order valence-corrected chi connectivity index (χ1v) is 3.62. The molecular formula is C9H8FN3. The average molecular weight is 177 g/mol. The lowest BCUT2D eigenvalue weighted by Crippen LogP contribution is -2.08. The van der Waals surface area contributed by atoms with E-state index in [0.717, 1.165) is 0 Å². The van der Waals surface area contributed by atoms with Gasteiger partial charge in [0, 0.05) is 12.2 Å². The number of pyridine rings is 1. The molecule has 0 unspecified atom stereocenters. The maximum atomic E-state index is 13.0. The molecule has 4 heteroatoms. The van der Waals surface area contributed by atoms with Gasteiger partial charge < -0.3 is 5.73 Å². The lowest BCUT2D eigenvalue weighted by molar-refractivity contribution is 0.612. The predicted molar refractivity (Wildman–Crippen MR) is 46.0 cm³/mol. The molecule has 2 N–H and O–H groups in total. The summed E-state index contributed by atoms with van der Waals surface area (Å²) >= 11 is 0. The number of aromatic nitrogens is 1. The molecule has 0 saturated heterocycles. The number of hydrogen-bond donors (Lipinski definition) is 1. The van der Waals surface area contributed by atoms with Crippen molar-refractivity contribution in [3.63, 3.8) is 0 Å². The van der Waals surface area contributed by atoms with Crippen LogP contribution in [0.5, 0.6) is 0 Å². The molecule has 0 saturated carbocycles. The molecule has 1 atom stereocenters. The standard InChI is InChI=1S/C9H8FN3/c1-2-8(12)6-3-7(10)9(4-11)13-5-6/h2-3,5,8H,1,12H2/t8-/m1/s1. The molecule has 1 aromatic heterocycles. The van der Waals surface area contributed by atoms with Crippen LogP contribution in [0.15, 0.2) is 24.9 Å². The highest BCUT2D eigenvalue weighted by molar-refractivity contribution is 5.28. The first kappa shape index (κ1) is 9.36. The Morgan fingerprint density at radius 3 is 2.92 bits per heavy atom. The zero-order valence-electron chi connectivity index (χ0n) is 6.87. The van der Waals surface area contributed by atoms with Gasteiger partial charge in [0.05, 0.1) is 0 Å². The fourth-order valence-corrected chi connectivity index (χ4v) is 0.853. The summed E-state index contributed by atoms with van der Waals surface area (Å²) in [4.78, 5) is 3.60. The fourth-order valence-electron chi connectivity index (χ4n) is 0.853. The topological polar surface area (TPSA) is 62.7 Å². The van der Waals surface area contributed by atoms with E-state index >= 15 is 0 Å². The van der Waals surface area contributed by atoms with E-state index in [0.29, 0.717) is 5.56 Å². The van der Waals surface area contributed by atoms with Crippen molar-refractivity contribution in [1.82, 2.24) is 4.98 Å². The van der Waals surface area contributed by atoms with Crippen molar-refractivity contribution in [2.45, 2.75) is 6.04 Å². The Kier molecular flexibility index (Phi) is 2.72.